The Morgan fingerprint density at radius 1 is 0.871 bits per heavy atom. The van der Waals surface area contributed by atoms with Crippen LogP contribution in [0.4, 0.5) is 4.79 Å². The number of hydrogen-bond donors (Lipinski definition) is 2. The maximum Gasteiger partial charge on any atom is 0.318 e. The molecule has 0 radical (unpaired) electrons. The number of carbonyl (C=O) groups is 2. The summed E-state index contributed by atoms with van der Waals surface area (Å²) in [7, 11) is 0. The highest BCUT2D eigenvalue weighted by Crippen LogP contribution is 2.28. The van der Waals surface area contributed by atoms with Gasteiger partial charge in [0.05, 0.1) is 0 Å². The van der Waals surface area contributed by atoms with E-state index in [-0.39, 0.29) is 11.9 Å². The second-order valence-electron chi connectivity index (χ2n) is 7.91. The molecule has 4 rings (SSSR count). The summed E-state index contributed by atoms with van der Waals surface area (Å²) in [6, 6.07) is 27.6. The predicted octanol–water partition coefficient (Wildman–Crippen LogP) is 3.83. The zero-order valence-corrected chi connectivity index (χ0v) is 17.4. The van der Waals surface area contributed by atoms with E-state index < -0.39 is 11.9 Å². The molecule has 1 unspecified atom stereocenters. The van der Waals surface area contributed by atoms with Crippen molar-refractivity contribution in [1.29, 1.82) is 0 Å². The number of primary amides is 1. The summed E-state index contributed by atoms with van der Waals surface area (Å²) >= 11 is 0. The van der Waals surface area contributed by atoms with Crippen LogP contribution in [0.25, 0.3) is 0 Å². The molecule has 0 aromatic heterocycles. The van der Waals surface area contributed by atoms with Crippen LogP contribution in [0.15, 0.2) is 84.9 Å². The third kappa shape index (κ3) is 4.77. The van der Waals surface area contributed by atoms with Gasteiger partial charge in [-0.1, -0.05) is 84.9 Å². The lowest BCUT2D eigenvalue weighted by Gasteiger charge is -2.35. The van der Waals surface area contributed by atoms with E-state index in [0.29, 0.717) is 19.5 Å². The van der Waals surface area contributed by atoms with E-state index in [0.717, 1.165) is 17.5 Å². The third-order valence-electron chi connectivity index (χ3n) is 5.95. The summed E-state index contributed by atoms with van der Waals surface area (Å²) in [6.07, 6.45) is 1.21. The van der Waals surface area contributed by atoms with Gasteiger partial charge in [-0.25, -0.2) is 4.79 Å². The van der Waals surface area contributed by atoms with Gasteiger partial charge in [0.25, 0.3) is 0 Å². The number of urea groups is 1. The molecule has 1 atom stereocenters. The number of carbonyl (C=O) groups excluding carboxylic acids is 2. The first-order valence-corrected chi connectivity index (χ1v) is 10.6. The van der Waals surface area contributed by atoms with Gasteiger partial charge >= 0.3 is 6.03 Å². The maximum absolute atomic E-state index is 13.0. The van der Waals surface area contributed by atoms with Crippen molar-refractivity contribution in [2.24, 2.45) is 5.73 Å². The van der Waals surface area contributed by atoms with Gasteiger partial charge in [0.2, 0.25) is 5.91 Å². The largest absolute Gasteiger partial charge is 0.368 e. The number of nitrogens with one attached hydrogen (secondary N) is 1. The average molecular weight is 414 g/mol. The number of rotatable bonds is 6. The molecular weight excluding hydrogens is 386 g/mol. The van der Waals surface area contributed by atoms with Crippen molar-refractivity contribution >= 4 is 11.9 Å². The Hall–Kier alpha value is -3.60. The number of fused-ring (bicyclic) bond motifs is 1. The van der Waals surface area contributed by atoms with Crippen LogP contribution in [0.5, 0.6) is 0 Å². The molecule has 1 aliphatic heterocycles. The van der Waals surface area contributed by atoms with Crippen molar-refractivity contribution in [3.63, 3.8) is 0 Å². The van der Waals surface area contributed by atoms with Crippen LogP contribution in [-0.2, 0) is 17.8 Å². The maximum atomic E-state index is 13.0. The Morgan fingerprint density at radius 2 is 1.42 bits per heavy atom. The fourth-order valence-corrected chi connectivity index (χ4v) is 4.31. The highest BCUT2D eigenvalue weighted by molar-refractivity contribution is 5.86. The summed E-state index contributed by atoms with van der Waals surface area (Å²) in [5.41, 5.74) is 10.2. The molecule has 1 heterocycles. The van der Waals surface area contributed by atoms with Gasteiger partial charge in [-0.2, -0.15) is 0 Å². The summed E-state index contributed by atoms with van der Waals surface area (Å²) in [6.45, 7) is 0.882. The Kier molecular flexibility index (Phi) is 6.32. The van der Waals surface area contributed by atoms with Crippen LogP contribution in [-0.4, -0.2) is 29.4 Å². The van der Waals surface area contributed by atoms with Gasteiger partial charge in [0, 0.05) is 25.4 Å². The second kappa shape index (κ2) is 9.47. The molecule has 158 valence electrons. The molecule has 0 aliphatic carbocycles. The first-order valence-electron chi connectivity index (χ1n) is 10.6. The van der Waals surface area contributed by atoms with E-state index in [9.17, 15) is 9.59 Å². The van der Waals surface area contributed by atoms with Gasteiger partial charge in [0.1, 0.15) is 6.04 Å². The van der Waals surface area contributed by atoms with Crippen molar-refractivity contribution in [2.75, 3.05) is 6.54 Å². The topological polar surface area (TPSA) is 75.4 Å². The normalized spacial score (nSPS) is 15.4. The molecular formula is C26H27N3O2. The lowest BCUT2D eigenvalue weighted by molar-refractivity contribution is -0.122. The lowest BCUT2D eigenvalue weighted by Crippen LogP contribution is -2.54. The number of benzene rings is 3. The van der Waals surface area contributed by atoms with E-state index in [4.69, 9.17) is 5.73 Å². The smallest absolute Gasteiger partial charge is 0.318 e. The Bertz CT molecular complexity index is 997. The Labute approximate surface area is 182 Å². The minimum absolute atomic E-state index is 0.178. The van der Waals surface area contributed by atoms with E-state index in [1.165, 1.54) is 11.1 Å². The first kappa shape index (κ1) is 20.7. The summed E-state index contributed by atoms with van der Waals surface area (Å²) in [5, 5.41) is 3.02. The molecule has 0 bridgehead atoms. The fourth-order valence-electron chi connectivity index (χ4n) is 4.31. The monoisotopic (exact) mass is 413 g/mol. The number of hydrogen-bond acceptors (Lipinski definition) is 2. The van der Waals surface area contributed by atoms with E-state index in [1.807, 2.05) is 60.7 Å². The van der Waals surface area contributed by atoms with E-state index >= 15 is 0 Å². The average Bonchev–Trinajstić information content (AvgIpc) is 2.82. The predicted molar refractivity (Wildman–Crippen MR) is 121 cm³/mol. The molecule has 5 heteroatoms. The highest BCUT2D eigenvalue weighted by Gasteiger charge is 2.33. The molecule has 3 amide bonds. The first-order chi connectivity index (χ1) is 15.1. The zero-order valence-electron chi connectivity index (χ0n) is 17.4. The molecule has 3 aromatic carbocycles. The van der Waals surface area contributed by atoms with E-state index in [1.54, 1.807) is 4.90 Å². The van der Waals surface area contributed by atoms with E-state index in [2.05, 4.69) is 29.6 Å². The minimum Gasteiger partial charge on any atom is -0.368 e. The SMILES string of the molecule is NC(=O)C1Cc2ccccc2CN1C(=O)NCCC(c1ccccc1)c1ccccc1. The Balaban J connectivity index is 1.45. The summed E-state index contributed by atoms with van der Waals surface area (Å²) in [4.78, 5) is 26.6. The summed E-state index contributed by atoms with van der Waals surface area (Å²) in [5.74, 6) is -0.298. The zero-order chi connectivity index (χ0) is 21.6. The molecule has 0 spiro atoms. The van der Waals surface area contributed by atoms with Crippen LogP contribution in [0.2, 0.25) is 0 Å². The quantitative estimate of drug-likeness (QED) is 0.644. The minimum atomic E-state index is -0.631. The lowest BCUT2D eigenvalue weighted by atomic mass is 9.88. The number of nitrogens with two attached hydrogens (primary N) is 1. The van der Waals surface area contributed by atoms with Crippen LogP contribution < -0.4 is 11.1 Å². The summed E-state index contributed by atoms with van der Waals surface area (Å²) < 4.78 is 0. The van der Waals surface area contributed by atoms with Gasteiger partial charge in [-0.3, -0.25) is 4.79 Å². The molecule has 0 saturated carbocycles. The molecule has 31 heavy (non-hydrogen) atoms. The van der Waals surface area contributed by atoms with Crippen LogP contribution >= 0.6 is 0 Å². The second-order valence-corrected chi connectivity index (χ2v) is 7.91. The van der Waals surface area contributed by atoms with Crippen LogP contribution in [0.1, 0.15) is 34.6 Å². The molecule has 3 N–H and O–H groups in total. The molecule has 5 nitrogen and oxygen atoms in total. The van der Waals surface area contributed by atoms with Crippen molar-refractivity contribution in [2.45, 2.75) is 31.3 Å². The number of amides is 3. The third-order valence-corrected chi connectivity index (χ3v) is 5.95. The molecule has 1 aliphatic rings. The van der Waals surface area contributed by atoms with Crippen molar-refractivity contribution in [1.82, 2.24) is 10.2 Å². The van der Waals surface area contributed by atoms with Crippen LogP contribution in [0.3, 0.4) is 0 Å². The van der Waals surface area contributed by atoms with Gasteiger partial charge in [0.15, 0.2) is 0 Å². The van der Waals surface area contributed by atoms with Crippen LogP contribution in [0, 0.1) is 0 Å². The molecule has 3 aromatic rings. The highest BCUT2D eigenvalue weighted by atomic mass is 16.2. The molecule has 0 saturated heterocycles. The number of nitrogens with zero attached hydrogens (tertiary/aromatic N) is 1. The Morgan fingerprint density at radius 3 is 2.00 bits per heavy atom. The van der Waals surface area contributed by atoms with Crippen molar-refractivity contribution < 1.29 is 9.59 Å². The standard InChI is InChI=1S/C26H27N3O2/c27-25(30)24-17-21-13-7-8-14-22(21)18-29(24)26(31)28-16-15-23(19-9-3-1-4-10-19)20-11-5-2-6-12-20/h1-14,23-24H,15-18H2,(H2,27,30)(H,28,31). The van der Waals surface area contributed by atoms with Gasteiger partial charge in [-0.15, -0.1) is 0 Å². The fraction of sp³-hybridized carbons (Fsp3) is 0.231. The van der Waals surface area contributed by atoms with Crippen molar-refractivity contribution in [3.8, 4) is 0 Å². The van der Waals surface area contributed by atoms with Crippen molar-refractivity contribution in [3.05, 3.63) is 107 Å². The molecule has 0 fully saturated rings. The van der Waals surface area contributed by atoms with Gasteiger partial charge in [-0.05, 0) is 28.7 Å². The van der Waals surface area contributed by atoms with Gasteiger partial charge < -0.3 is 16.0 Å².